The molecule has 1 saturated heterocycles. The number of aryl methyl sites for hydroxylation is 1. The fourth-order valence-corrected chi connectivity index (χ4v) is 2.48. The Morgan fingerprint density at radius 2 is 1.95 bits per heavy atom. The Hall–Kier alpha value is -2.43. The summed E-state index contributed by atoms with van der Waals surface area (Å²) in [5, 5.41) is 0. The molecule has 1 aromatic heterocycles. The average molecular weight is 297 g/mol. The lowest BCUT2D eigenvalue weighted by molar-refractivity contribution is 0.0792. The van der Waals surface area contributed by atoms with Crippen LogP contribution in [0.15, 0.2) is 36.7 Å². The highest BCUT2D eigenvalue weighted by molar-refractivity contribution is 5.94. The van der Waals surface area contributed by atoms with E-state index in [4.69, 9.17) is 4.74 Å². The zero-order valence-electron chi connectivity index (χ0n) is 12.7. The summed E-state index contributed by atoms with van der Waals surface area (Å²) in [6, 6.07) is 7.35. The van der Waals surface area contributed by atoms with Crippen LogP contribution in [0.1, 0.15) is 34.6 Å². The van der Waals surface area contributed by atoms with Gasteiger partial charge in [-0.2, -0.15) is 0 Å². The molecule has 1 aliphatic heterocycles. The van der Waals surface area contributed by atoms with E-state index in [0.717, 1.165) is 37.3 Å². The number of rotatable bonds is 4. The number of aromatic nitrogens is 2. The van der Waals surface area contributed by atoms with Gasteiger partial charge in [-0.25, -0.2) is 9.97 Å². The van der Waals surface area contributed by atoms with Crippen LogP contribution in [0.2, 0.25) is 0 Å². The molecular formula is C17H19N3O2. The fraction of sp³-hybridized carbons (Fsp3) is 0.353. The minimum Gasteiger partial charge on any atom is -0.489 e. The molecular weight excluding hydrogens is 278 g/mol. The monoisotopic (exact) mass is 297 g/mol. The molecule has 0 bridgehead atoms. The number of likely N-dealkylation sites (tertiary alicyclic amines) is 1. The lowest BCUT2D eigenvalue weighted by Gasteiger charge is -2.15. The molecule has 0 atom stereocenters. The third-order valence-corrected chi connectivity index (χ3v) is 3.71. The van der Waals surface area contributed by atoms with E-state index in [0.29, 0.717) is 17.9 Å². The van der Waals surface area contributed by atoms with Crippen molar-refractivity contribution < 1.29 is 9.53 Å². The van der Waals surface area contributed by atoms with E-state index in [2.05, 4.69) is 9.97 Å². The van der Waals surface area contributed by atoms with Crippen molar-refractivity contribution in [3.63, 3.8) is 0 Å². The Morgan fingerprint density at radius 3 is 2.68 bits per heavy atom. The van der Waals surface area contributed by atoms with E-state index in [9.17, 15) is 4.79 Å². The van der Waals surface area contributed by atoms with E-state index in [1.807, 2.05) is 30.0 Å². The van der Waals surface area contributed by atoms with Crippen LogP contribution >= 0.6 is 0 Å². The van der Waals surface area contributed by atoms with Crippen LogP contribution in [-0.4, -0.2) is 33.9 Å². The van der Waals surface area contributed by atoms with Crippen molar-refractivity contribution in [3.8, 4) is 5.75 Å². The van der Waals surface area contributed by atoms with E-state index in [1.54, 1.807) is 18.5 Å². The van der Waals surface area contributed by atoms with Gasteiger partial charge in [-0.15, -0.1) is 0 Å². The second-order valence-electron chi connectivity index (χ2n) is 5.45. The fourth-order valence-electron chi connectivity index (χ4n) is 2.48. The summed E-state index contributed by atoms with van der Waals surface area (Å²) in [5.41, 5.74) is 1.58. The Labute approximate surface area is 130 Å². The summed E-state index contributed by atoms with van der Waals surface area (Å²) in [6.07, 6.45) is 5.69. The molecule has 2 aromatic rings. The molecule has 3 rings (SSSR count). The summed E-state index contributed by atoms with van der Waals surface area (Å²) in [4.78, 5) is 22.5. The summed E-state index contributed by atoms with van der Waals surface area (Å²) in [7, 11) is 0. The normalized spacial score (nSPS) is 14.1. The molecule has 1 aromatic carbocycles. The van der Waals surface area contributed by atoms with Gasteiger partial charge in [-0.05, 0) is 38.0 Å². The maximum atomic E-state index is 12.4. The highest BCUT2D eigenvalue weighted by Crippen LogP contribution is 2.18. The van der Waals surface area contributed by atoms with Crippen LogP contribution < -0.4 is 4.74 Å². The van der Waals surface area contributed by atoms with Crippen LogP contribution in [0.4, 0.5) is 0 Å². The van der Waals surface area contributed by atoms with Crippen LogP contribution in [0.25, 0.3) is 0 Å². The van der Waals surface area contributed by atoms with Crippen molar-refractivity contribution in [2.24, 2.45) is 0 Å². The Balaban J connectivity index is 1.65. The second-order valence-corrected chi connectivity index (χ2v) is 5.45. The first kappa shape index (κ1) is 14.5. The number of amides is 1. The lowest BCUT2D eigenvalue weighted by Crippen LogP contribution is -2.27. The van der Waals surface area contributed by atoms with Crippen molar-refractivity contribution in [3.05, 3.63) is 53.6 Å². The SMILES string of the molecule is Cc1ncc(COc2cccc(C(=O)N3CCCC3)c2)cn1. The smallest absolute Gasteiger partial charge is 0.253 e. The van der Waals surface area contributed by atoms with Crippen molar-refractivity contribution >= 4 is 5.91 Å². The molecule has 1 amide bonds. The van der Waals surface area contributed by atoms with Crippen molar-refractivity contribution in [1.29, 1.82) is 0 Å². The second kappa shape index (κ2) is 6.56. The summed E-state index contributed by atoms with van der Waals surface area (Å²) < 4.78 is 5.73. The maximum absolute atomic E-state index is 12.4. The van der Waals surface area contributed by atoms with Crippen LogP contribution in [0, 0.1) is 6.92 Å². The zero-order chi connectivity index (χ0) is 15.4. The largest absolute Gasteiger partial charge is 0.489 e. The number of hydrogen-bond acceptors (Lipinski definition) is 4. The van der Waals surface area contributed by atoms with Crippen molar-refractivity contribution in [1.82, 2.24) is 14.9 Å². The number of carbonyl (C=O) groups excluding carboxylic acids is 1. The molecule has 0 saturated carbocycles. The maximum Gasteiger partial charge on any atom is 0.253 e. The first-order chi connectivity index (χ1) is 10.7. The number of benzene rings is 1. The number of carbonyl (C=O) groups is 1. The van der Waals surface area contributed by atoms with Crippen LogP contribution in [-0.2, 0) is 6.61 Å². The summed E-state index contributed by atoms with van der Waals surface area (Å²) in [5.74, 6) is 1.51. The third-order valence-electron chi connectivity index (χ3n) is 3.71. The molecule has 5 nitrogen and oxygen atoms in total. The van der Waals surface area contributed by atoms with Gasteiger partial charge in [0.2, 0.25) is 0 Å². The standard InChI is InChI=1S/C17H19N3O2/c1-13-18-10-14(11-19-13)12-22-16-6-4-5-15(9-16)17(21)20-7-2-3-8-20/h4-6,9-11H,2-3,7-8,12H2,1H3. The Bertz CT molecular complexity index is 649. The highest BCUT2D eigenvalue weighted by Gasteiger charge is 2.19. The first-order valence-corrected chi connectivity index (χ1v) is 7.52. The Kier molecular flexibility index (Phi) is 4.32. The van der Waals surface area contributed by atoms with E-state index >= 15 is 0 Å². The van der Waals surface area contributed by atoms with E-state index in [-0.39, 0.29) is 5.91 Å². The van der Waals surface area contributed by atoms with Gasteiger partial charge in [0.05, 0.1) is 0 Å². The van der Waals surface area contributed by atoms with Gasteiger partial charge >= 0.3 is 0 Å². The van der Waals surface area contributed by atoms with Crippen molar-refractivity contribution in [2.75, 3.05) is 13.1 Å². The van der Waals surface area contributed by atoms with Crippen LogP contribution in [0.3, 0.4) is 0 Å². The van der Waals surface area contributed by atoms with Gasteiger partial charge in [0, 0.05) is 36.6 Å². The Morgan fingerprint density at radius 1 is 1.23 bits per heavy atom. The molecule has 22 heavy (non-hydrogen) atoms. The zero-order valence-corrected chi connectivity index (χ0v) is 12.7. The van der Waals surface area contributed by atoms with Crippen molar-refractivity contribution in [2.45, 2.75) is 26.4 Å². The highest BCUT2D eigenvalue weighted by atomic mass is 16.5. The molecule has 1 aliphatic rings. The molecule has 2 heterocycles. The minimum absolute atomic E-state index is 0.0848. The average Bonchev–Trinajstić information content (AvgIpc) is 3.08. The molecule has 0 N–H and O–H groups in total. The molecule has 0 unspecified atom stereocenters. The molecule has 0 radical (unpaired) electrons. The number of ether oxygens (including phenoxy) is 1. The van der Waals surface area contributed by atoms with Gasteiger partial charge in [0.1, 0.15) is 18.2 Å². The molecule has 0 aliphatic carbocycles. The molecule has 0 spiro atoms. The lowest BCUT2D eigenvalue weighted by atomic mass is 10.2. The predicted octanol–water partition coefficient (Wildman–Crippen LogP) is 2.60. The number of nitrogens with zero attached hydrogens (tertiary/aromatic N) is 3. The van der Waals surface area contributed by atoms with Gasteiger partial charge in [-0.1, -0.05) is 6.07 Å². The summed E-state index contributed by atoms with van der Waals surface area (Å²) in [6.45, 7) is 3.94. The van der Waals surface area contributed by atoms with Gasteiger partial charge in [-0.3, -0.25) is 4.79 Å². The van der Waals surface area contributed by atoms with Gasteiger partial charge in [0.25, 0.3) is 5.91 Å². The molecule has 5 heteroatoms. The minimum atomic E-state index is 0.0848. The van der Waals surface area contributed by atoms with Crippen LogP contribution in [0.5, 0.6) is 5.75 Å². The first-order valence-electron chi connectivity index (χ1n) is 7.52. The predicted molar refractivity (Wildman–Crippen MR) is 82.7 cm³/mol. The quantitative estimate of drug-likeness (QED) is 0.870. The van der Waals surface area contributed by atoms with E-state index in [1.165, 1.54) is 0 Å². The number of hydrogen-bond donors (Lipinski definition) is 0. The summed E-state index contributed by atoms with van der Waals surface area (Å²) >= 11 is 0. The van der Waals surface area contributed by atoms with E-state index < -0.39 is 0 Å². The molecule has 1 fully saturated rings. The topological polar surface area (TPSA) is 55.3 Å². The van der Waals surface area contributed by atoms with Gasteiger partial charge < -0.3 is 9.64 Å². The third kappa shape index (κ3) is 3.42. The molecule has 114 valence electrons. The van der Waals surface area contributed by atoms with Gasteiger partial charge in [0.15, 0.2) is 0 Å².